The number of carbonyl (C=O) groups is 1. The highest BCUT2D eigenvalue weighted by Gasteiger charge is 2.24. The Morgan fingerprint density at radius 1 is 1.07 bits per heavy atom. The Labute approximate surface area is 192 Å². The van der Waals surface area contributed by atoms with Crippen LogP contribution in [0.5, 0.6) is 5.75 Å². The summed E-state index contributed by atoms with van der Waals surface area (Å²) in [7, 11) is 0. The zero-order valence-corrected chi connectivity index (χ0v) is 18.8. The van der Waals surface area contributed by atoms with Gasteiger partial charge in [-0.15, -0.1) is 0 Å². The van der Waals surface area contributed by atoms with Gasteiger partial charge in [-0.1, -0.05) is 63.9 Å². The van der Waals surface area contributed by atoms with E-state index in [0.717, 1.165) is 21.3 Å². The number of halogens is 2. The molecule has 0 atom stereocenters. The van der Waals surface area contributed by atoms with Gasteiger partial charge in [0, 0.05) is 20.6 Å². The van der Waals surface area contributed by atoms with E-state index in [9.17, 15) is 4.79 Å². The van der Waals surface area contributed by atoms with E-state index in [1.807, 2.05) is 72.8 Å². The van der Waals surface area contributed by atoms with Gasteiger partial charge in [-0.3, -0.25) is 4.79 Å². The van der Waals surface area contributed by atoms with Gasteiger partial charge in [-0.25, -0.2) is 4.99 Å². The molecule has 4 nitrogen and oxygen atoms in total. The van der Waals surface area contributed by atoms with Gasteiger partial charge in [0.25, 0.3) is 5.91 Å². The van der Waals surface area contributed by atoms with Crippen LogP contribution in [0.15, 0.2) is 87.2 Å². The van der Waals surface area contributed by atoms with Crippen molar-refractivity contribution in [2.75, 3.05) is 0 Å². The molecule has 1 amide bonds. The van der Waals surface area contributed by atoms with Crippen LogP contribution in [-0.4, -0.2) is 11.1 Å². The molecule has 0 spiro atoms. The molecule has 0 radical (unpaired) electrons. The number of nitrogens with zero attached hydrogens (tertiary/aromatic N) is 1. The van der Waals surface area contributed by atoms with Gasteiger partial charge in [0.15, 0.2) is 5.17 Å². The fourth-order valence-electron chi connectivity index (χ4n) is 2.78. The number of nitrogens with one attached hydrogen (secondary N) is 1. The van der Waals surface area contributed by atoms with Crippen molar-refractivity contribution in [1.29, 1.82) is 0 Å². The van der Waals surface area contributed by atoms with E-state index in [-0.39, 0.29) is 5.91 Å². The lowest BCUT2D eigenvalue weighted by Gasteiger charge is -2.11. The number of rotatable bonds is 5. The highest BCUT2D eigenvalue weighted by atomic mass is 79.9. The maximum atomic E-state index is 12.4. The predicted molar refractivity (Wildman–Crippen MR) is 127 cm³/mol. The number of ether oxygens (including phenoxy) is 1. The van der Waals surface area contributed by atoms with E-state index in [1.54, 1.807) is 6.08 Å². The van der Waals surface area contributed by atoms with Crippen molar-refractivity contribution in [2.45, 2.75) is 6.61 Å². The van der Waals surface area contributed by atoms with Crippen LogP contribution in [0.2, 0.25) is 5.02 Å². The quantitative estimate of drug-likeness (QED) is 0.404. The first-order valence-electron chi connectivity index (χ1n) is 9.09. The average molecular weight is 500 g/mol. The molecule has 1 saturated heterocycles. The average Bonchev–Trinajstić information content (AvgIpc) is 3.08. The van der Waals surface area contributed by atoms with Gasteiger partial charge in [-0.2, -0.15) is 0 Å². The number of thioether (sulfide) groups is 1. The summed E-state index contributed by atoms with van der Waals surface area (Å²) in [6.45, 7) is 0.331. The zero-order valence-electron chi connectivity index (χ0n) is 15.6. The van der Waals surface area contributed by atoms with Crippen LogP contribution in [0.4, 0.5) is 5.69 Å². The van der Waals surface area contributed by atoms with Gasteiger partial charge in [0.1, 0.15) is 12.4 Å². The molecule has 30 heavy (non-hydrogen) atoms. The Bertz CT molecular complexity index is 1150. The lowest BCUT2D eigenvalue weighted by Crippen LogP contribution is -2.19. The number of amides is 1. The Kier molecular flexibility index (Phi) is 6.57. The third-order valence-electron chi connectivity index (χ3n) is 4.24. The Hall–Kier alpha value is -2.54. The largest absolute Gasteiger partial charge is 0.488 e. The first-order chi connectivity index (χ1) is 14.6. The molecule has 3 aromatic carbocycles. The first-order valence-corrected chi connectivity index (χ1v) is 11.1. The molecule has 0 unspecified atom stereocenters. The van der Waals surface area contributed by atoms with Crippen molar-refractivity contribution in [3.05, 3.63) is 98.3 Å². The molecule has 0 aliphatic carbocycles. The fraction of sp³-hybridized carbons (Fsp3) is 0.0435. The molecule has 3 aromatic rings. The van der Waals surface area contributed by atoms with Crippen LogP contribution in [0.1, 0.15) is 11.1 Å². The van der Waals surface area contributed by atoms with Gasteiger partial charge in [-0.05, 0) is 54.2 Å². The van der Waals surface area contributed by atoms with Crippen molar-refractivity contribution in [3.63, 3.8) is 0 Å². The normalized spacial score (nSPS) is 16.1. The van der Waals surface area contributed by atoms with Crippen molar-refractivity contribution < 1.29 is 9.53 Å². The van der Waals surface area contributed by atoms with Crippen molar-refractivity contribution in [3.8, 4) is 5.75 Å². The molecule has 1 heterocycles. The van der Waals surface area contributed by atoms with Crippen molar-refractivity contribution in [1.82, 2.24) is 5.32 Å². The summed E-state index contributed by atoms with van der Waals surface area (Å²) >= 11 is 11.0. The van der Waals surface area contributed by atoms with Gasteiger partial charge in [0.05, 0.1) is 10.6 Å². The summed E-state index contributed by atoms with van der Waals surface area (Å²) in [6, 6.07) is 22.7. The smallest absolute Gasteiger partial charge is 0.264 e. The molecule has 1 N–H and O–H groups in total. The zero-order chi connectivity index (χ0) is 20.9. The Balaban J connectivity index is 1.57. The topological polar surface area (TPSA) is 50.7 Å². The third kappa shape index (κ3) is 5.14. The van der Waals surface area contributed by atoms with Gasteiger partial charge < -0.3 is 10.1 Å². The van der Waals surface area contributed by atoms with Crippen LogP contribution in [0.25, 0.3) is 6.08 Å². The number of aliphatic imine (C=N–C) groups is 1. The molecule has 0 aromatic heterocycles. The van der Waals surface area contributed by atoms with Crippen LogP contribution < -0.4 is 10.1 Å². The number of hydrogen-bond acceptors (Lipinski definition) is 4. The summed E-state index contributed by atoms with van der Waals surface area (Å²) in [5, 5.41) is 4.01. The number of para-hydroxylation sites is 1. The standard InChI is InChI=1S/C23H16BrClN2O2S/c24-17-10-11-20(29-14-15-6-4-5-9-19(15)25)16(12-17)13-21-22(28)27-23(30-21)26-18-7-2-1-3-8-18/h1-13H,14H2,(H,26,27,28)/b21-13+. The van der Waals surface area contributed by atoms with Crippen LogP contribution in [0, 0.1) is 0 Å². The van der Waals surface area contributed by atoms with Crippen LogP contribution in [0.3, 0.4) is 0 Å². The molecule has 7 heteroatoms. The van der Waals surface area contributed by atoms with Gasteiger partial charge in [0.2, 0.25) is 0 Å². The maximum absolute atomic E-state index is 12.4. The SMILES string of the molecule is O=C1NC(=Nc2ccccc2)S/C1=C/c1cc(Br)ccc1OCc1ccccc1Cl. The van der Waals surface area contributed by atoms with E-state index >= 15 is 0 Å². The third-order valence-corrected chi connectivity index (χ3v) is 6.01. The molecule has 150 valence electrons. The molecule has 1 aliphatic rings. The summed E-state index contributed by atoms with van der Waals surface area (Å²) < 4.78 is 6.90. The van der Waals surface area contributed by atoms with Crippen LogP contribution >= 0.6 is 39.3 Å². The minimum atomic E-state index is -0.188. The minimum Gasteiger partial charge on any atom is -0.488 e. The predicted octanol–water partition coefficient (Wildman–Crippen LogP) is 6.57. The van der Waals surface area contributed by atoms with E-state index in [0.29, 0.717) is 27.5 Å². The number of carbonyl (C=O) groups excluding carboxylic acids is 1. The van der Waals surface area contributed by atoms with Crippen molar-refractivity contribution in [2.24, 2.45) is 4.99 Å². The summed E-state index contributed by atoms with van der Waals surface area (Å²) in [5.74, 6) is 0.471. The van der Waals surface area contributed by atoms with Gasteiger partial charge >= 0.3 is 0 Å². The molecule has 1 fully saturated rings. The Morgan fingerprint density at radius 3 is 2.63 bits per heavy atom. The highest BCUT2D eigenvalue weighted by Crippen LogP contribution is 2.32. The number of amidine groups is 1. The molecule has 0 bridgehead atoms. The van der Waals surface area contributed by atoms with E-state index < -0.39 is 0 Å². The lowest BCUT2D eigenvalue weighted by molar-refractivity contribution is -0.115. The van der Waals surface area contributed by atoms with Crippen molar-refractivity contribution >= 4 is 62.1 Å². The molecular weight excluding hydrogens is 484 g/mol. The molecule has 1 aliphatic heterocycles. The molecule has 0 saturated carbocycles. The highest BCUT2D eigenvalue weighted by molar-refractivity contribution is 9.10. The second-order valence-electron chi connectivity index (χ2n) is 6.38. The first kappa shape index (κ1) is 20.7. The van der Waals surface area contributed by atoms with E-state index in [2.05, 4.69) is 26.2 Å². The monoisotopic (exact) mass is 498 g/mol. The number of hydrogen-bond donors (Lipinski definition) is 1. The second-order valence-corrected chi connectivity index (χ2v) is 8.73. The van der Waals surface area contributed by atoms with Crippen LogP contribution in [-0.2, 0) is 11.4 Å². The van der Waals surface area contributed by atoms with E-state index in [1.165, 1.54) is 11.8 Å². The summed E-state index contributed by atoms with van der Waals surface area (Å²) in [4.78, 5) is 17.5. The Morgan fingerprint density at radius 2 is 1.83 bits per heavy atom. The molecular formula is C23H16BrClN2O2S. The molecule has 4 rings (SSSR count). The fourth-order valence-corrected chi connectivity index (χ4v) is 4.18. The summed E-state index contributed by atoms with van der Waals surface area (Å²) in [5.41, 5.74) is 2.47. The second kappa shape index (κ2) is 9.51. The minimum absolute atomic E-state index is 0.188. The lowest BCUT2D eigenvalue weighted by atomic mass is 10.2. The van der Waals surface area contributed by atoms with E-state index in [4.69, 9.17) is 16.3 Å². The number of benzene rings is 3. The maximum Gasteiger partial charge on any atom is 0.264 e. The summed E-state index contributed by atoms with van der Waals surface area (Å²) in [6.07, 6.45) is 1.81.